The minimum absolute atomic E-state index is 0.0398. The van der Waals surface area contributed by atoms with E-state index in [-0.39, 0.29) is 104 Å². The van der Waals surface area contributed by atoms with Crippen LogP contribution in [-0.2, 0) is 44.5 Å². The number of nitrogens with one attached hydrogen (secondary N) is 6. The lowest BCUT2D eigenvalue weighted by atomic mass is 10.1. The number of aliphatic hydroxyl groups excluding tert-OH is 1. The zero-order chi connectivity index (χ0) is 97.0. The van der Waals surface area contributed by atoms with Gasteiger partial charge in [0.15, 0.2) is 11.6 Å². The van der Waals surface area contributed by atoms with Crippen molar-refractivity contribution >= 4 is 184 Å². The smallest absolute Gasteiger partial charge is 0.433 e. The van der Waals surface area contributed by atoms with Gasteiger partial charge in [-0.05, 0) is 198 Å². The summed E-state index contributed by atoms with van der Waals surface area (Å²) in [5.41, 5.74) is 15.8. The predicted molar refractivity (Wildman–Crippen MR) is 461 cm³/mol. The third-order valence-electron chi connectivity index (χ3n) is 17.9. The van der Waals surface area contributed by atoms with E-state index in [0.717, 1.165) is 57.9 Å². The summed E-state index contributed by atoms with van der Waals surface area (Å²) in [4.78, 5) is 139. The van der Waals surface area contributed by atoms with E-state index >= 15 is 0 Å². The maximum Gasteiger partial charge on any atom is 0.433 e. The van der Waals surface area contributed by atoms with Crippen molar-refractivity contribution in [3.05, 3.63) is 247 Å². The zero-order valence-electron chi connectivity index (χ0n) is 69.6. The van der Waals surface area contributed by atoms with Crippen molar-refractivity contribution in [2.24, 2.45) is 26.9 Å². The highest BCUT2D eigenvalue weighted by molar-refractivity contribution is 7.71. The number of benzene rings is 3. The molecule has 12 N–H and O–H groups in total. The highest BCUT2D eigenvalue weighted by Gasteiger charge is 2.36. The number of nitrogens with zero attached hydrogens (tertiary/aromatic N) is 17. The number of hydrogen-bond donors (Lipinski definition) is 10. The molecule has 42 nitrogen and oxygen atoms in total. The van der Waals surface area contributed by atoms with Crippen molar-refractivity contribution in [2.45, 2.75) is 66.0 Å². The van der Waals surface area contributed by atoms with Gasteiger partial charge in [0.2, 0.25) is 46.4 Å². The first-order chi connectivity index (χ1) is 62.6. The van der Waals surface area contributed by atoms with Gasteiger partial charge in [0, 0.05) is 79.1 Å². The Morgan fingerprint density at radius 2 is 0.895 bits per heavy atom. The normalized spacial score (nSPS) is 11.2. The van der Waals surface area contributed by atoms with E-state index in [1.54, 1.807) is 103 Å². The Morgan fingerprint density at radius 1 is 0.496 bits per heavy atom. The molecule has 0 aliphatic rings. The van der Waals surface area contributed by atoms with Gasteiger partial charge in [-0.15, -0.1) is 0 Å². The molecule has 0 fully saturated rings. The van der Waals surface area contributed by atoms with Crippen molar-refractivity contribution in [2.75, 3.05) is 34.8 Å². The summed E-state index contributed by atoms with van der Waals surface area (Å²) in [5.74, 6) is -1.22. The molecule has 0 unspecified atom stereocenters. The van der Waals surface area contributed by atoms with E-state index in [9.17, 15) is 88.5 Å². The number of aryl methyl sites for hydroxylation is 7. The number of carbonyl (C=O) groups is 4. The number of rotatable bonds is 15. The van der Waals surface area contributed by atoms with Crippen LogP contribution in [-0.4, -0.2) is 145 Å². The van der Waals surface area contributed by atoms with Gasteiger partial charge in [-0.3, -0.25) is 60.2 Å². The van der Waals surface area contributed by atoms with Crippen LogP contribution in [0, 0.1) is 52.8 Å². The SMILES string of the molecule is CC(=O)c1ccc2c(c1)nc(Nc1nc3ccc(C(F)(F)F)nc3o1)n2C.Cc1ccc(N)c(=O)[nH]1.Cc1ccc([N+](=O)[O-])c(=O)[nH]1.Cc1ccc2[nH]c(=S)oc2n1.Cc1ccc2nc(Cl)oc2n1.Cn1c(Nc2nc3ccc(C(F)(F)F)nc3o2)nc2cc(C(=O)CCCO)ccc21.Cn1c(Nc2nc3ccc(C(F)(F)F)nc3o2)nc2cc(C(=O)O)ccc21.NC(=O)C[N+](=O)[O-]. The molecule has 15 aromatic heterocycles. The lowest BCUT2D eigenvalue weighted by Gasteiger charge is -2.03. The van der Waals surface area contributed by atoms with E-state index in [0.29, 0.717) is 79.0 Å². The largest absolute Gasteiger partial charge is 0.478 e. The lowest BCUT2D eigenvalue weighted by Crippen LogP contribution is -2.21. The Hall–Kier alpha value is -16.8. The lowest BCUT2D eigenvalue weighted by molar-refractivity contribution is -0.467. The number of halogens is 10. The van der Waals surface area contributed by atoms with Crippen LogP contribution < -0.4 is 38.5 Å². The van der Waals surface area contributed by atoms with Gasteiger partial charge in [-0.1, -0.05) is 0 Å². The van der Waals surface area contributed by atoms with Crippen LogP contribution in [0.3, 0.4) is 0 Å². The summed E-state index contributed by atoms with van der Waals surface area (Å²) in [6.45, 7) is 7.88. The number of ketones is 2. The van der Waals surface area contributed by atoms with E-state index < -0.39 is 75.1 Å². The molecule has 0 saturated heterocycles. The van der Waals surface area contributed by atoms with Gasteiger partial charge >= 0.3 is 53.8 Å². The number of alkyl halides is 9. The number of primary amides is 1. The molecule has 0 saturated carbocycles. The van der Waals surface area contributed by atoms with Crippen LogP contribution in [0.4, 0.5) is 86.8 Å². The maximum absolute atomic E-state index is 12.8. The van der Waals surface area contributed by atoms with Gasteiger partial charge in [-0.2, -0.15) is 59.4 Å². The number of anilines is 7. The average molecular weight is 1890 g/mol. The first-order valence-electron chi connectivity index (χ1n) is 37.8. The molecular formula is C80H67ClF9N25O17S. The van der Waals surface area contributed by atoms with Crippen molar-refractivity contribution in [3.63, 3.8) is 0 Å². The van der Waals surface area contributed by atoms with Crippen molar-refractivity contribution in [3.8, 4) is 0 Å². The van der Waals surface area contributed by atoms with Crippen LogP contribution in [0.2, 0.25) is 5.35 Å². The summed E-state index contributed by atoms with van der Waals surface area (Å²) in [7, 11) is 5.15. The summed E-state index contributed by atoms with van der Waals surface area (Å²) >= 11 is 10.3. The predicted octanol–water partition coefficient (Wildman–Crippen LogP) is 15.5. The van der Waals surface area contributed by atoms with Crippen LogP contribution in [0.25, 0.3) is 89.3 Å². The monoisotopic (exact) mass is 1890 g/mol. The number of fused-ring (bicyclic) bond motifs is 8. The number of nitrogen functional groups attached to an aromatic ring is 1. The number of amides is 1. The molecule has 15 heterocycles. The summed E-state index contributed by atoms with van der Waals surface area (Å²) < 4.78 is 146. The number of carboxylic acids is 1. The molecule has 18 aromatic rings. The zero-order valence-corrected chi connectivity index (χ0v) is 71.1. The third kappa shape index (κ3) is 25.0. The topological polar surface area (TPSA) is 600 Å². The second-order valence-corrected chi connectivity index (χ2v) is 28.4. The quantitative estimate of drug-likeness (QED) is 0.0150. The van der Waals surface area contributed by atoms with Crippen molar-refractivity contribution < 1.29 is 101 Å². The Bertz CT molecular complexity index is 7440. The Balaban J connectivity index is 0.000000154. The number of carboxylic acid groups (broad SMARTS) is 1. The van der Waals surface area contributed by atoms with Crippen LogP contribution in [0.15, 0.2) is 171 Å². The highest BCUT2D eigenvalue weighted by Crippen LogP contribution is 2.35. The van der Waals surface area contributed by atoms with E-state index in [2.05, 4.69) is 96.4 Å². The first-order valence-corrected chi connectivity index (χ1v) is 38.6. The third-order valence-corrected chi connectivity index (χ3v) is 18.2. The molecule has 690 valence electrons. The fraction of sp³-hybridized carbons (Fsp3) is 0.188. The molecule has 0 aliphatic carbocycles. The molecule has 133 heavy (non-hydrogen) atoms. The number of carbonyl (C=O) groups excluding carboxylic acids is 3. The fourth-order valence-corrected chi connectivity index (χ4v) is 11.8. The van der Waals surface area contributed by atoms with E-state index in [1.165, 1.54) is 43.3 Å². The molecule has 1 amide bonds. The number of aromatic carboxylic acids is 1. The van der Waals surface area contributed by atoms with Crippen LogP contribution in [0.5, 0.6) is 0 Å². The number of aromatic amines is 3. The Kier molecular flexibility index (Phi) is 29.6. The number of pyridine rings is 7. The minimum Gasteiger partial charge on any atom is -0.478 e. The Morgan fingerprint density at radius 3 is 1.29 bits per heavy atom. The van der Waals surface area contributed by atoms with Crippen LogP contribution >= 0.6 is 23.8 Å². The molecular weight excluding hydrogens is 1820 g/mol. The summed E-state index contributed by atoms with van der Waals surface area (Å²) in [5, 5.41) is 45.9. The second-order valence-electron chi connectivity index (χ2n) is 27.8. The first kappa shape index (κ1) is 96.8. The standard InChI is InChI=1S/C19H16F3N5O3.C17H12F3N5O2.C16H10F3N5O3.C7H5ClN2O.C7H6N2OS.C6H6N2O3.C6H8N2O.C2H4N2O3/c1-27-13-6-4-10(14(29)3-2-8-28)9-12(13)23-17(27)26-18-24-11-5-7-15(19(20,21)22)25-16(11)30-18;1-8(26)9-3-5-12-11(7-9)21-15(25(12)2)24-16-22-10-4-6-13(17(18,19)20)23-14(10)27-16;1-24-10-4-2-7(13(25)26)6-9(10)20-14(24)23-15-21-8-3-5-11(16(17,18)19)22-12(8)27-15;1-4-2-3-5-6(9-4)11-7(8)10-5;1-4-2-3-5-6(8-4)10-7(11)9-5;1-4-2-3-5(8(10)11)6(9)7-4;1-4-2-3-5(7)6(9)8-4;3-2(5)1-4(6)7/h4-7,9,28H,2-3,8H2,1H3,(H,23,24,26);3-7H,1-2H3,(H,21,22,24);2-6H,1H3,(H,25,26)(H,20,21,23);2-3H,1H3;2-3H,1H3,(H,9,11);2-3H,1H3,(H,7,9);2-3H,7H2,1H3,(H,8,9);1H2,(H2,3,5). The number of Topliss-reactive ketones (excluding diaryl/α,β-unsaturated/α-hetero) is 2. The number of aromatic nitrogens is 18. The van der Waals surface area contributed by atoms with Gasteiger partial charge in [0.05, 0.1) is 49.3 Å². The number of nitro groups is 2. The van der Waals surface area contributed by atoms with Gasteiger partial charge in [0.25, 0.3) is 28.2 Å². The average Bonchev–Trinajstić information content (AvgIpc) is 1.64. The summed E-state index contributed by atoms with van der Waals surface area (Å²) in [6, 6.07) is 34.0. The van der Waals surface area contributed by atoms with Crippen LogP contribution in [0.1, 0.15) is 90.7 Å². The molecule has 0 bridgehead atoms. The van der Waals surface area contributed by atoms with Gasteiger partial charge in [-0.25, -0.2) is 44.7 Å². The maximum atomic E-state index is 12.8. The molecule has 0 aliphatic heterocycles. The molecule has 0 radical (unpaired) electrons. The van der Waals surface area contributed by atoms with Crippen molar-refractivity contribution in [1.29, 1.82) is 0 Å². The number of oxazole rings is 5. The van der Waals surface area contributed by atoms with E-state index in [1.807, 2.05) is 38.1 Å². The number of nitrogens with two attached hydrogens (primary N) is 2. The Labute approximate surface area is 744 Å². The van der Waals surface area contributed by atoms with Crippen molar-refractivity contribution in [1.82, 2.24) is 88.5 Å². The number of aliphatic hydroxyl groups is 1. The minimum atomic E-state index is -4.59. The van der Waals surface area contributed by atoms with Gasteiger partial charge < -0.3 is 72.4 Å². The molecule has 53 heteroatoms. The van der Waals surface area contributed by atoms with Gasteiger partial charge in [0.1, 0.15) is 44.7 Å². The second kappa shape index (κ2) is 40.7. The molecule has 3 aromatic carbocycles. The highest BCUT2D eigenvalue weighted by atomic mass is 35.5. The van der Waals surface area contributed by atoms with E-state index in [4.69, 9.17) is 61.9 Å². The molecule has 0 atom stereocenters. The molecule has 18 rings (SSSR count). The number of H-pyrrole nitrogens is 3. The number of imidazole rings is 3. The number of hydrogen-bond acceptors (Lipinski definition) is 33. The fourth-order valence-electron chi connectivity index (χ4n) is 11.4. The molecule has 0 spiro atoms. The summed E-state index contributed by atoms with van der Waals surface area (Å²) in [6.07, 6.45) is -13.1.